The maximum Gasteiger partial charge on any atom is 0.131 e. The zero-order valence-electron chi connectivity index (χ0n) is 11.6. The first-order valence-electron chi connectivity index (χ1n) is 6.73. The molecule has 3 rings (SSSR count). The Bertz CT molecular complexity index is 693. The van der Waals surface area contributed by atoms with Gasteiger partial charge in [-0.1, -0.05) is 23.2 Å². The Morgan fingerprint density at radius 2 is 1.95 bits per heavy atom. The van der Waals surface area contributed by atoms with Crippen LogP contribution in [-0.2, 0) is 6.42 Å². The van der Waals surface area contributed by atoms with Gasteiger partial charge in [0.15, 0.2) is 0 Å². The van der Waals surface area contributed by atoms with Crippen LogP contribution in [0.5, 0.6) is 5.75 Å². The maximum absolute atomic E-state index is 13.9. The van der Waals surface area contributed by atoms with Gasteiger partial charge in [-0.15, -0.1) is 12.4 Å². The van der Waals surface area contributed by atoms with Gasteiger partial charge >= 0.3 is 0 Å². The monoisotopic (exact) mass is 361 g/mol. The van der Waals surface area contributed by atoms with E-state index >= 15 is 0 Å². The molecule has 0 fully saturated rings. The molecule has 0 unspecified atom stereocenters. The molecule has 2 nitrogen and oxygen atoms in total. The van der Waals surface area contributed by atoms with Crippen molar-refractivity contribution in [2.45, 2.75) is 18.9 Å². The van der Waals surface area contributed by atoms with Crippen LogP contribution < -0.4 is 10.5 Å². The first-order chi connectivity index (χ1) is 10.1. The summed E-state index contributed by atoms with van der Waals surface area (Å²) in [6.45, 7) is 0.430. The quantitative estimate of drug-likeness (QED) is 0.827. The lowest BCUT2D eigenvalue weighted by Gasteiger charge is -2.27. The van der Waals surface area contributed by atoms with E-state index in [0.717, 1.165) is 18.4 Å². The molecule has 22 heavy (non-hydrogen) atoms. The Morgan fingerprint density at radius 3 is 2.68 bits per heavy atom. The summed E-state index contributed by atoms with van der Waals surface area (Å²) in [7, 11) is 0. The fourth-order valence-electron chi connectivity index (χ4n) is 2.59. The second-order valence-corrected chi connectivity index (χ2v) is 5.92. The van der Waals surface area contributed by atoms with Gasteiger partial charge < -0.3 is 10.5 Å². The van der Waals surface area contributed by atoms with E-state index in [1.807, 2.05) is 0 Å². The normalized spacial score (nSPS) is 16.5. The first kappa shape index (κ1) is 17.4. The van der Waals surface area contributed by atoms with E-state index in [2.05, 4.69) is 0 Å². The third kappa shape index (κ3) is 3.33. The minimum Gasteiger partial charge on any atom is -0.488 e. The Balaban J connectivity index is 0.00000176. The van der Waals surface area contributed by atoms with Crippen LogP contribution in [0.25, 0.3) is 11.1 Å². The third-order valence-corrected chi connectivity index (χ3v) is 4.20. The number of hydrogen-bond acceptors (Lipinski definition) is 2. The molecule has 1 atom stereocenters. The SMILES string of the molecule is Cl.NC[C@H]1CCc2cc(F)cc(-c3cc(Cl)ccc3Cl)c2O1. The molecule has 2 N–H and O–H groups in total. The smallest absolute Gasteiger partial charge is 0.131 e. The zero-order valence-corrected chi connectivity index (χ0v) is 13.9. The molecule has 2 aromatic rings. The topological polar surface area (TPSA) is 35.2 Å². The van der Waals surface area contributed by atoms with Gasteiger partial charge in [0.1, 0.15) is 17.7 Å². The lowest BCUT2D eigenvalue weighted by molar-refractivity contribution is 0.182. The van der Waals surface area contributed by atoms with Crippen LogP contribution in [-0.4, -0.2) is 12.6 Å². The fraction of sp³-hybridized carbons (Fsp3) is 0.250. The Labute approximate surface area is 144 Å². The Kier molecular flexibility index (Phi) is 5.56. The zero-order chi connectivity index (χ0) is 15.0. The van der Waals surface area contributed by atoms with Crippen molar-refractivity contribution >= 4 is 35.6 Å². The number of nitrogens with two attached hydrogens (primary N) is 1. The molecule has 2 aromatic carbocycles. The largest absolute Gasteiger partial charge is 0.488 e. The van der Waals surface area contributed by atoms with Crippen LogP contribution in [0, 0.1) is 5.82 Å². The lowest BCUT2D eigenvalue weighted by atomic mass is 9.95. The number of halogens is 4. The van der Waals surface area contributed by atoms with Crippen LogP contribution >= 0.6 is 35.6 Å². The third-order valence-electron chi connectivity index (χ3n) is 3.63. The summed E-state index contributed by atoms with van der Waals surface area (Å²) in [5.41, 5.74) is 7.81. The van der Waals surface area contributed by atoms with E-state index in [4.69, 9.17) is 33.7 Å². The molecule has 0 amide bonds. The van der Waals surface area contributed by atoms with Crippen LogP contribution in [0.4, 0.5) is 4.39 Å². The number of ether oxygens (including phenoxy) is 1. The summed E-state index contributed by atoms with van der Waals surface area (Å²) in [5.74, 6) is 0.344. The molecule has 0 radical (unpaired) electrons. The second-order valence-electron chi connectivity index (χ2n) is 5.08. The molecule has 0 bridgehead atoms. The molecule has 1 aliphatic heterocycles. The van der Waals surface area contributed by atoms with E-state index in [0.29, 0.717) is 33.5 Å². The van der Waals surface area contributed by atoms with Gasteiger partial charge in [0.05, 0.1) is 0 Å². The molecule has 118 valence electrons. The molecule has 0 aromatic heterocycles. The van der Waals surface area contributed by atoms with Gasteiger partial charge in [-0.3, -0.25) is 0 Å². The van der Waals surface area contributed by atoms with Crippen LogP contribution in [0.15, 0.2) is 30.3 Å². The molecule has 6 heteroatoms. The summed E-state index contributed by atoms with van der Waals surface area (Å²) in [5, 5.41) is 1.05. The highest BCUT2D eigenvalue weighted by atomic mass is 35.5. The van der Waals surface area contributed by atoms with Gasteiger partial charge in [-0.25, -0.2) is 4.39 Å². The molecular formula is C16H15Cl3FNO. The summed E-state index contributed by atoms with van der Waals surface area (Å²) >= 11 is 12.3. The molecule has 0 spiro atoms. The predicted octanol–water partition coefficient (Wildman–Crippen LogP) is 4.87. The van der Waals surface area contributed by atoms with Crippen molar-refractivity contribution < 1.29 is 9.13 Å². The van der Waals surface area contributed by atoms with Crippen molar-refractivity contribution in [2.75, 3.05) is 6.54 Å². The molecule has 0 aliphatic carbocycles. The minimum absolute atomic E-state index is 0. The molecule has 1 aliphatic rings. The van der Waals surface area contributed by atoms with Crippen molar-refractivity contribution in [3.8, 4) is 16.9 Å². The molecule has 0 saturated heterocycles. The van der Waals surface area contributed by atoms with Crippen LogP contribution in [0.1, 0.15) is 12.0 Å². The summed E-state index contributed by atoms with van der Waals surface area (Å²) < 4.78 is 19.8. The molecule has 1 heterocycles. The van der Waals surface area contributed by atoms with E-state index < -0.39 is 0 Å². The highest BCUT2D eigenvalue weighted by molar-refractivity contribution is 6.35. The second kappa shape index (κ2) is 7.05. The average Bonchev–Trinajstić information content (AvgIpc) is 2.48. The van der Waals surface area contributed by atoms with Crippen molar-refractivity contribution in [1.82, 2.24) is 0 Å². The van der Waals surface area contributed by atoms with Gasteiger partial charge in [0, 0.05) is 27.7 Å². The number of benzene rings is 2. The number of rotatable bonds is 2. The maximum atomic E-state index is 13.9. The first-order valence-corrected chi connectivity index (χ1v) is 7.48. The standard InChI is InChI=1S/C16H14Cl2FNO.ClH/c17-10-2-4-15(18)13(6-10)14-7-11(19)5-9-1-3-12(8-20)21-16(9)14;/h2,4-7,12H,1,3,8,20H2;1H/t12-;/m1./s1. The van der Waals surface area contributed by atoms with Gasteiger partial charge in [-0.2, -0.15) is 0 Å². The summed E-state index contributed by atoms with van der Waals surface area (Å²) in [6, 6.07) is 8.04. The predicted molar refractivity (Wildman–Crippen MR) is 90.9 cm³/mol. The summed E-state index contributed by atoms with van der Waals surface area (Å²) in [6.07, 6.45) is 1.47. The Morgan fingerprint density at radius 1 is 1.18 bits per heavy atom. The van der Waals surface area contributed by atoms with Crippen molar-refractivity contribution in [2.24, 2.45) is 5.73 Å². The van der Waals surface area contributed by atoms with Gasteiger partial charge in [-0.05, 0) is 48.7 Å². The fourth-order valence-corrected chi connectivity index (χ4v) is 2.98. The summed E-state index contributed by atoms with van der Waals surface area (Å²) in [4.78, 5) is 0. The number of hydrogen-bond donors (Lipinski definition) is 1. The van der Waals surface area contributed by atoms with Crippen LogP contribution in [0.3, 0.4) is 0 Å². The van der Waals surface area contributed by atoms with E-state index in [1.54, 1.807) is 18.2 Å². The van der Waals surface area contributed by atoms with Gasteiger partial charge in [0.2, 0.25) is 0 Å². The van der Waals surface area contributed by atoms with Crippen molar-refractivity contribution in [3.05, 3.63) is 51.8 Å². The van der Waals surface area contributed by atoms with Crippen LogP contribution in [0.2, 0.25) is 10.0 Å². The van der Waals surface area contributed by atoms with Gasteiger partial charge in [0.25, 0.3) is 0 Å². The van der Waals surface area contributed by atoms with Crippen molar-refractivity contribution in [3.63, 3.8) is 0 Å². The Hall–Kier alpha value is -1.00. The van der Waals surface area contributed by atoms with E-state index in [9.17, 15) is 4.39 Å². The van der Waals surface area contributed by atoms with Crippen molar-refractivity contribution in [1.29, 1.82) is 0 Å². The highest BCUT2D eigenvalue weighted by Crippen LogP contribution is 2.41. The lowest BCUT2D eigenvalue weighted by Crippen LogP contribution is -2.30. The van der Waals surface area contributed by atoms with E-state index in [-0.39, 0.29) is 24.3 Å². The van der Waals surface area contributed by atoms with E-state index in [1.165, 1.54) is 12.1 Å². The number of aryl methyl sites for hydroxylation is 1. The average molecular weight is 363 g/mol. The highest BCUT2D eigenvalue weighted by Gasteiger charge is 2.24. The minimum atomic E-state index is -0.311. The molecular weight excluding hydrogens is 348 g/mol. The molecule has 0 saturated carbocycles. The number of fused-ring (bicyclic) bond motifs is 1.